The zero-order valence-electron chi connectivity index (χ0n) is 27.0. The maximum absolute atomic E-state index is 11.1. The highest BCUT2D eigenvalue weighted by Gasteiger charge is 2.45. The van der Waals surface area contributed by atoms with Crippen molar-refractivity contribution in [2.24, 2.45) is 5.92 Å². The first-order valence-electron chi connectivity index (χ1n) is 14.9. The molecule has 23 heavy (non-hydrogen) atoms. The number of benzene rings is 1. The third-order valence-electron chi connectivity index (χ3n) is 4.23. The Morgan fingerprint density at radius 1 is 1.48 bits per heavy atom. The molecule has 0 saturated heterocycles. The second-order valence-corrected chi connectivity index (χ2v) is 6.01. The van der Waals surface area contributed by atoms with E-state index in [0.29, 0.717) is 12.8 Å². The second-order valence-electron chi connectivity index (χ2n) is 6.01. The standard InChI is InChI=1S/C21H30O2/c1-5-6-7-8-15-12-18(22)20-16-11-14(2)9-10-17(16)21(3,4)23-19(20)13-15/h11-13,16-17,22H,5-10H2,1-4H3/t16-,17-/m1/s1/i2D3,3D3,4D3,8D2,12D,13D,16D. The van der Waals surface area contributed by atoms with Crippen LogP contribution in [-0.4, -0.2) is 10.7 Å². The van der Waals surface area contributed by atoms with Crippen LogP contribution in [0.25, 0.3) is 0 Å². The summed E-state index contributed by atoms with van der Waals surface area (Å²) < 4.78 is 122. The SMILES string of the molecule is [2H]c1c(O)c2c(c([2H])c1C([2H])([2H])CCCC)OC(C([2H])([2H])[2H])(C([2H])([2H])[2H])[C@@H]1CCC(C([2H])([2H])[2H])=C[C@@]21[2H]. The number of rotatable bonds is 4. The molecule has 0 fully saturated rings. The van der Waals surface area contributed by atoms with E-state index in [1.54, 1.807) is 6.92 Å². The van der Waals surface area contributed by atoms with Gasteiger partial charge in [-0.05, 0) is 63.8 Å². The minimum absolute atomic E-state index is 0.152. The van der Waals surface area contributed by atoms with Crippen LogP contribution in [0.4, 0.5) is 0 Å². The lowest BCUT2D eigenvalue weighted by atomic mass is 9.68. The molecule has 2 heteroatoms. The van der Waals surface area contributed by atoms with Gasteiger partial charge in [0.05, 0.1) is 2.74 Å². The minimum Gasteiger partial charge on any atom is -0.507 e. The Labute approximate surface area is 160 Å². The Kier molecular flexibility index (Phi) is 1.75. The minimum atomic E-state index is -3.40. The first-order valence-corrected chi connectivity index (χ1v) is 7.86. The van der Waals surface area contributed by atoms with Gasteiger partial charge < -0.3 is 9.84 Å². The molecule has 0 aromatic heterocycles. The predicted octanol–water partition coefficient (Wildman–Crippen LogP) is 5.74. The zero-order valence-corrected chi connectivity index (χ0v) is 13.0. The lowest BCUT2D eigenvalue weighted by Crippen LogP contribution is -2.45. The van der Waals surface area contributed by atoms with Gasteiger partial charge in [0, 0.05) is 33.8 Å². The van der Waals surface area contributed by atoms with Gasteiger partial charge in [-0.2, -0.15) is 0 Å². The van der Waals surface area contributed by atoms with E-state index in [1.165, 1.54) is 0 Å². The molecule has 0 unspecified atom stereocenters. The Balaban J connectivity index is 2.52. The third kappa shape index (κ3) is 3.13. The summed E-state index contributed by atoms with van der Waals surface area (Å²) in [4.78, 5) is 0. The van der Waals surface area contributed by atoms with Crippen molar-refractivity contribution < 1.29 is 29.0 Å². The summed E-state index contributed by atoms with van der Waals surface area (Å²) in [6.07, 6.45) is -1.33. The zero-order chi connectivity index (χ0) is 28.6. The Morgan fingerprint density at radius 3 is 3.09 bits per heavy atom. The lowest BCUT2D eigenvalue weighted by Gasteiger charge is -2.46. The number of hydrogen-bond donors (Lipinski definition) is 1. The molecule has 126 valence electrons. The van der Waals surface area contributed by atoms with Gasteiger partial charge in [0.15, 0.2) is 0 Å². The van der Waals surface area contributed by atoms with Crippen molar-refractivity contribution >= 4 is 0 Å². The van der Waals surface area contributed by atoms with Gasteiger partial charge in [0.2, 0.25) is 0 Å². The summed E-state index contributed by atoms with van der Waals surface area (Å²) in [6, 6.07) is -1.67. The van der Waals surface area contributed by atoms with E-state index >= 15 is 0 Å². The summed E-state index contributed by atoms with van der Waals surface area (Å²) in [5.41, 5.74) is -4.56. The van der Waals surface area contributed by atoms with Crippen LogP contribution in [0.2, 0.25) is 0 Å². The first-order chi connectivity index (χ1) is 16.6. The molecule has 0 saturated carbocycles. The number of aromatic hydroxyl groups is 1. The molecule has 1 N–H and O–H groups in total. The van der Waals surface area contributed by atoms with Crippen molar-refractivity contribution in [1.29, 1.82) is 0 Å². The molecule has 3 rings (SSSR count). The summed E-state index contributed by atoms with van der Waals surface area (Å²) in [6.45, 7) is -7.71. The van der Waals surface area contributed by atoms with Crippen molar-refractivity contribution in [3.63, 3.8) is 0 Å². The van der Waals surface area contributed by atoms with E-state index < -0.39 is 85.5 Å². The average molecular weight is 329 g/mol. The molecule has 2 atom stereocenters. The number of hydrogen-bond acceptors (Lipinski definition) is 2. The smallest absolute Gasteiger partial charge is 0.127 e. The molecular weight excluding hydrogens is 284 g/mol. The van der Waals surface area contributed by atoms with Gasteiger partial charge >= 0.3 is 0 Å². The summed E-state index contributed by atoms with van der Waals surface area (Å²) in [5, 5.41) is 11.1. The number of phenols is 1. The van der Waals surface area contributed by atoms with Crippen LogP contribution >= 0.6 is 0 Å². The normalized spacial score (nSPS) is 39.5. The van der Waals surface area contributed by atoms with Crippen LogP contribution in [-0.2, 0) is 6.37 Å². The molecule has 2 nitrogen and oxygen atoms in total. The Hall–Kier alpha value is -1.44. The van der Waals surface area contributed by atoms with Crippen LogP contribution in [0.1, 0.15) is 95.8 Å². The monoisotopic (exact) mass is 328 g/mol. The number of phenolic OH excluding ortho intramolecular Hbond substituents is 1. The van der Waals surface area contributed by atoms with Gasteiger partial charge in [0.25, 0.3) is 0 Å². The molecule has 1 aromatic rings. The fourth-order valence-corrected chi connectivity index (χ4v) is 3.04. The highest BCUT2D eigenvalue weighted by molar-refractivity contribution is 5.53. The second kappa shape index (κ2) is 6.22. The molecule has 1 aliphatic heterocycles. The van der Waals surface area contributed by atoms with Gasteiger partial charge in [-0.1, -0.05) is 31.4 Å². The summed E-state index contributed by atoms with van der Waals surface area (Å²) in [5.74, 6) is -6.05. The van der Waals surface area contributed by atoms with Crippen LogP contribution in [0.3, 0.4) is 0 Å². The fourth-order valence-electron chi connectivity index (χ4n) is 3.04. The molecule has 1 heterocycles. The Bertz CT molecular complexity index is 1080. The summed E-state index contributed by atoms with van der Waals surface area (Å²) >= 11 is 0. The first kappa shape index (κ1) is 6.46. The highest BCUT2D eigenvalue weighted by atomic mass is 16.5. The highest BCUT2D eigenvalue weighted by Crippen LogP contribution is 2.53. The maximum atomic E-state index is 11.1. The molecule has 0 bridgehead atoms. The maximum Gasteiger partial charge on any atom is 0.127 e. The lowest BCUT2D eigenvalue weighted by molar-refractivity contribution is 0.0107. The molecule has 0 radical (unpaired) electrons. The van der Waals surface area contributed by atoms with E-state index in [2.05, 4.69) is 0 Å². The van der Waals surface area contributed by atoms with Crippen molar-refractivity contribution in [2.45, 2.75) is 77.5 Å². The van der Waals surface area contributed by atoms with Gasteiger partial charge in [-0.25, -0.2) is 0 Å². The van der Waals surface area contributed by atoms with Gasteiger partial charge in [-0.15, -0.1) is 0 Å². The largest absolute Gasteiger partial charge is 0.507 e. The molecule has 0 spiro atoms. The van der Waals surface area contributed by atoms with Crippen LogP contribution in [0, 0.1) is 5.92 Å². The molecule has 0 amide bonds. The number of allylic oxidation sites excluding steroid dienone is 2. The number of fused-ring (bicyclic) bond motifs is 3. The Morgan fingerprint density at radius 2 is 2.35 bits per heavy atom. The molecule has 1 aromatic carbocycles. The molecule has 2 aliphatic rings. The van der Waals surface area contributed by atoms with Crippen LogP contribution in [0.5, 0.6) is 11.5 Å². The fraction of sp³-hybridized carbons (Fsp3) is 0.619. The van der Waals surface area contributed by atoms with Gasteiger partial charge in [0.1, 0.15) is 17.1 Å². The van der Waals surface area contributed by atoms with Crippen molar-refractivity contribution in [3.05, 3.63) is 34.9 Å². The van der Waals surface area contributed by atoms with Gasteiger partial charge in [-0.3, -0.25) is 0 Å². The number of ether oxygens (including phenoxy) is 1. The van der Waals surface area contributed by atoms with E-state index in [-0.39, 0.29) is 18.4 Å². The quantitative estimate of drug-likeness (QED) is 0.715. The predicted molar refractivity (Wildman–Crippen MR) is 95.3 cm³/mol. The average Bonchev–Trinajstić information content (AvgIpc) is 2.71. The van der Waals surface area contributed by atoms with E-state index in [1.807, 2.05) is 0 Å². The third-order valence-corrected chi connectivity index (χ3v) is 4.23. The van der Waals surface area contributed by atoms with Crippen molar-refractivity contribution in [1.82, 2.24) is 0 Å². The summed E-state index contributed by atoms with van der Waals surface area (Å²) in [7, 11) is 0. The topological polar surface area (TPSA) is 29.5 Å². The van der Waals surface area contributed by atoms with Crippen LogP contribution < -0.4 is 4.74 Å². The van der Waals surface area contributed by atoms with Crippen molar-refractivity contribution in [2.75, 3.05) is 0 Å². The van der Waals surface area contributed by atoms with Crippen molar-refractivity contribution in [3.8, 4) is 11.5 Å². The van der Waals surface area contributed by atoms with Crippen LogP contribution in [0.15, 0.2) is 23.7 Å². The number of unbranched alkanes of at least 4 members (excludes halogenated alkanes) is 1. The molecule has 1 aliphatic carbocycles. The molecular formula is C21H30O2. The van der Waals surface area contributed by atoms with E-state index in [9.17, 15) is 6.48 Å². The van der Waals surface area contributed by atoms with E-state index in [0.717, 1.165) is 6.08 Å². The van der Waals surface area contributed by atoms with E-state index in [4.69, 9.17) is 22.6 Å².